The molecule has 0 unspecified atom stereocenters. The highest BCUT2D eigenvalue weighted by Crippen LogP contribution is 2.40. The summed E-state index contributed by atoms with van der Waals surface area (Å²) in [5.74, 6) is 0. The number of hydrogen-bond acceptors (Lipinski definition) is 3. The van der Waals surface area contributed by atoms with Gasteiger partial charge in [-0.2, -0.15) is 0 Å². The summed E-state index contributed by atoms with van der Waals surface area (Å²) in [6.07, 6.45) is 4.53. The normalized spacial score (nSPS) is 10.8. The van der Waals surface area contributed by atoms with Gasteiger partial charge in [0.2, 0.25) is 0 Å². The van der Waals surface area contributed by atoms with Crippen LogP contribution in [0.15, 0.2) is 40.4 Å². The number of aromatic nitrogens is 2. The van der Waals surface area contributed by atoms with Crippen molar-refractivity contribution in [1.29, 1.82) is 0 Å². The van der Waals surface area contributed by atoms with Crippen molar-refractivity contribution in [3.8, 4) is 11.1 Å². The molecule has 0 aliphatic carbocycles. The van der Waals surface area contributed by atoms with Gasteiger partial charge in [0, 0.05) is 10.9 Å². The van der Waals surface area contributed by atoms with Crippen molar-refractivity contribution in [2.24, 2.45) is 0 Å². The number of benzene rings is 1. The van der Waals surface area contributed by atoms with E-state index in [0.29, 0.717) is 0 Å². The maximum absolute atomic E-state index is 4.23. The van der Waals surface area contributed by atoms with Gasteiger partial charge in [0.25, 0.3) is 0 Å². The van der Waals surface area contributed by atoms with Gasteiger partial charge < -0.3 is 0 Å². The molecule has 2 aromatic heterocycles. The predicted molar refractivity (Wildman–Crippen MR) is 69.4 cm³/mol. The molecule has 2 heterocycles. The van der Waals surface area contributed by atoms with E-state index in [1.165, 1.54) is 6.33 Å². The monoisotopic (exact) mass is 289 g/mol. The van der Waals surface area contributed by atoms with E-state index < -0.39 is 0 Å². The molecule has 4 heteroatoms. The van der Waals surface area contributed by atoms with Crippen molar-refractivity contribution in [2.75, 3.05) is 0 Å². The minimum Gasteiger partial charge on any atom is -0.234 e. The van der Waals surface area contributed by atoms with E-state index in [1.807, 2.05) is 18.2 Å². The third-order valence-electron chi connectivity index (χ3n) is 2.32. The van der Waals surface area contributed by atoms with Crippen LogP contribution in [0.5, 0.6) is 0 Å². The second-order valence-electron chi connectivity index (χ2n) is 3.28. The van der Waals surface area contributed by atoms with Gasteiger partial charge in [0.05, 0.1) is 3.79 Å². The van der Waals surface area contributed by atoms with Crippen molar-refractivity contribution >= 4 is 37.5 Å². The first-order valence-electron chi connectivity index (χ1n) is 4.72. The van der Waals surface area contributed by atoms with E-state index in [0.717, 1.165) is 25.1 Å². The van der Waals surface area contributed by atoms with Gasteiger partial charge in [-0.15, -0.1) is 11.3 Å². The average Bonchev–Trinajstić information content (AvgIpc) is 2.66. The first-order chi connectivity index (χ1) is 7.86. The van der Waals surface area contributed by atoms with Crippen LogP contribution < -0.4 is 0 Å². The predicted octanol–water partition coefficient (Wildman–Crippen LogP) is 3.92. The van der Waals surface area contributed by atoms with Crippen molar-refractivity contribution < 1.29 is 0 Å². The molecular weight excluding hydrogens is 284 g/mol. The Kier molecular flexibility index (Phi) is 2.46. The van der Waals surface area contributed by atoms with E-state index >= 15 is 0 Å². The Bertz CT molecular complexity index is 634. The van der Waals surface area contributed by atoms with Crippen LogP contribution in [-0.4, -0.2) is 9.97 Å². The number of rotatable bonds is 1. The quantitative estimate of drug-likeness (QED) is 0.679. The molecule has 0 fully saturated rings. The smallest absolute Gasteiger partial charge is 0.129 e. The lowest BCUT2D eigenvalue weighted by molar-refractivity contribution is 1.22. The highest BCUT2D eigenvalue weighted by Gasteiger charge is 2.12. The molecule has 2 nitrogen and oxygen atoms in total. The number of hydrogen-bond donors (Lipinski definition) is 0. The Morgan fingerprint density at radius 2 is 2.00 bits per heavy atom. The zero-order valence-electron chi connectivity index (χ0n) is 8.14. The van der Waals surface area contributed by atoms with Gasteiger partial charge in [-0.05, 0) is 21.5 Å². The summed E-state index contributed by atoms with van der Waals surface area (Å²) in [7, 11) is 0. The molecule has 1 radical (unpaired) electrons. The second kappa shape index (κ2) is 3.96. The van der Waals surface area contributed by atoms with Gasteiger partial charge in [-0.3, -0.25) is 0 Å². The Labute approximate surface area is 105 Å². The summed E-state index contributed by atoms with van der Waals surface area (Å²) < 4.78 is 1.07. The summed E-state index contributed by atoms with van der Waals surface area (Å²) in [6, 6.07) is 10.2. The first kappa shape index (κ1) is 9.93. The highest BCUT2D eigenvalue weighted by molar-refractivity contribution is 9.11. The topological polar surface area (TPSA) is 25.8 Å². The zero-order valence-corrected chi connectivity index (χ0v) is 10.5. The lowest BCUT2D eigenvalue weighted by Gasteiger charge is -1.99. The SMILES string of the molecule is Brc1sc2ncn[c]c2c1-c1ccccc1. The largest absolute Gasteiger partial charge is 0.234 e. The van der Waals surface area contributed by atoms with Gasteiger partial charge >= 0.3 is 0 Å². The molecule has 3 rings (SSSR count). The molecule has 0 aliphatic heterocycles. The maximum atomic E-state index is 4.23. The summed E-state index contributed by atoms with van der Waals surface area (Å²) >= 11 is 5.18. The molecule has 0 saturated carbocycles. The molecule has 16 heavy (non-hydrogen) atoms. The van der Waals surface area contributed by atoms with Crippen LogP contribution in [-0.2, 0) is 0 Å². The standard InChI is InChI=1S/C12H6BrN2S/c13-11-10(8-4-2-1-3-5-8)9-6-14-7-15-12(9)16-11/h1-5,7H. The summed E-state index contributed by atoms with van der Waals surface area (Å²) in [4.78, 5) is 9.16. The van der Waals surface area contributed by atoms with Crippen molar-refractivity contribution in [3.05, 3.63) is 46.6 Å². The van der Waals surface area contributed by atoms with Crippen molar-refractivity contribution in [1.82, 2.24) is 9.97 Å². The second-order valence-corrected chi connectivity index (χ2v) is 5.60. The number of nitrogens with zero attached hydrogens (tertiary/aromatic N) is 2. The highest BCUT2D eigenvalue weighted by atomic mass is 79.9. The molecule has 0 aliphatic rings. The van der Waals surface area contributed by atoms with Crippen LogP contribution in [0.2, 0.25) is 0 Å². The van der Waals surface area contributed by atoms with Gasteiger partial charge in [0.1, 0.15) is 17.4 Å². The van der Waals surface area contributed by atoms with Crippen LogP contribution >= 0.6 is 27.3 Å². The van der Waals surface area contributed by atoms with Crippen LogP contribution in [0.4, 0.5) is 0 Å². The lowest BCUT2D eigenvalue weighted by atomic mass is 10.1. The van der Waals surface area contributed by atoms with Gasteiger partial charge in [-0.1, -0.05) is 30.3 Å². The van der Waals surface area contributed by atoms with E-state index in [2.05, 4.69) is 44.2 Å². The van der Waals surface area contributed by atoms with Crippen LogP contribution in [0.3, 0.4) is 0 Å². The molecule has 0 amide bonds. The van der Waals surface area contributed by atoms with Crippen molar-refractivity contribution in [2.45, 2.75) is 0 Å². The van der Waals surface area contributed by atoms with Gasteiger partial charge in [0.15, 0.2) is 0 Å². The Balaban J connectivity index is 2.35. The summed E-state index contributed by atoms with van der Waals surface area (Å²) in [5, 5.41) is 0.977. The summed E-state index contributed by atoms with van der Waals surface area (Å²) in [6.45, 7) is 0. The third-order valence-corrected chi connectivity index (χ3v) is 4.09. The minimum atomic E-state index is 0.959. The number of fused-ring (bicyclic) bond motifs is 1. The molecule has 3 aromatic rings. The molecule has 0 N–H and O–H groups in total. The molecule has 0 bridgehead atoms. The van der Waals surface area contributed by atoms with Gasteiger partial charge in [-0.25, -0.2) is 9.97 Å². The molecule has 0 atom stereocenters. The fourth-order valence-corrected chi connectivity index (χ4v) is 3.35. The molecule has 0 saturated heterocycles. The van der Waals surface area contributed by atoms with Crippen LogP contribution in [0.1, 0.15) is 0 Å². The number of halogens is 1. The first-order valence-corrected chi connectivity index (χ1v) is 6.33. The van der Waals surface area contributed by atoms with E-state index in [9.17, 15) is 0 Å². The number of thiophene rings is 1. The van der Waals surface area contributed by atoms with E-state index in [4.69, 9.17) is 0 Å². The zero-order chi connectivity index (χ0) is 11.0. The van der Waals surface area contributed by atoms with Crippen LogP contribution in [0.25, 0.3) is 21.3 Å². The molecule has 1 aromatic carbocycles. The van der Waals surface area contributed by atoms with Crippen LogP contribution in [0, 0.1) is 6.20 Å². The fraction of sp³-hybridized carbons (Fsp3) is 0. The molecular formula is C12H6BrN2S. The minimum absolute atomic E-state index is 0.959. The van der Waals surface area contributed by atoms with E-state index in [1.54, 1.807) is 11.3 Å². The summed E-state index contributed by atoms with van der Waals surface area (Å²) in [5.41, 5.74) is 2.29. The fourth-order valence-electron chi connectivity index (χ4n) is 1.62. The Hall–Kier alpha value is -1.26. The molecule has 0 spiro atoms. The maximum Gasteiger partial charge on any atom is 0.129 e. The average molecular weight is 290 g/mol. The Morgan fingerprint density at radius 3 is 2.81 bits per heavy atom. The lowest BCUT2D eigenvalue weighted by Crippen LogP contribution is -1.79. The van der Waals surface area contributed by atoms with Crippen molar-refractivity contribution in [3.63, 3.8) is 0 Å². The Morgan fingerprint density at radius 1 is 1.19 bits per heavy atom. The third kappa shape index (κ3) is 1.54. The van der Waals surface area contributed by atoms with E-state index in [-0.39, 0.29) is 0 Å². The molecule has 77 valence electrons.